The number of benzene rings is 1. The van der Waals surface area contributed by atoms with Crippen molar-refractivity contribution in [1.82, 2.24) is 15.3 Å². The average molecular weight is 368 g/mol. The van der Waals surface area contributed by atoms with Crippen LogP contribution in [0, 0.1) is 0 Å². The SMILES string of the molecule is Clc1ccc(-c2cc(COCc3cc(-c4ccccc4)no3)on2)cn1. The predicted octanol–water partition coefficient (Wildman–Crippen LogP) is 4.76. The summed E-state index contributed by atoms with van der Waals surface area (Å²) >= 11 is 5.78. The molecule has 0 aliphatic carbocycles. The summed E-state index contributed by atoms with van der Waals surface area (Å²) in [6.45, 7) is 0.563. The van der Waals surface area contributed by atoms with Crippen LogP contribution in [0.15, 0.2) is 69.8 Å². The molecule has 6 nitrogen and oxygen atoms in total. The minimum atomic E-state index is 0.273. The van der Waals surface area contributed by atoms with E-state index in [9.17, 15) is 0 Å². The van der Waals surface area contributed by atoms with Gasteiger partial charge in [0, 0.05) is 29.5 Å². The molecule has 26 heavy (non-hydrogen) atoms. The molecule has 0 unspecified atom stereocenters. The van der Waals surface area contributed by atoms with Gasteiger partial charge < -0.3 is 13.8 Å². The van der Waals surface area contributed by atoms with E-state index in [1.54, 1.807) is 18.3 Å². The second kappa shape index (κ2) is 7.51. The summed E-state index contributed by atoms with van der Waals surface area (Å²) in [5, 5.41) is 8.50. The third-order valence-electron chi connectivity index (χ3n) is 3.70. The zero-order chi connectivity index (χ0) is 17.8. The number of hydrogen-bond donors (Lipinski definition) is 0. The normalized spacial score (nSPS) is 11.0. The monoisotopic (exact) mass is 367 g/mol. The lowest BCUT2D eigenvalue weighted by Gasteiger charge is -1.96. The molecule has 0 N–H and O–H groups in total. The van der Waals surface area contributed by atoms with Crippen LogP contribution >= 0.6 is 11.6 Å². The fourth-order valence-corrected chi connectivity index (χ4v) is 2.53. The molecule has 0 aliphatic heterocycles. The largest absolute Gasteiger partial charge is 0.365 e. The summed E-state index contributed by atoms with van der Waals surface area (Å²) in [4.78, 5) is 4.03. The lowest BCUT2D eigenvalue weighted by Crippen LogP contribution is -1.91. The first-order chi connectivity index (χ1) is 12.8. The fourth-order valence-electron chi connectivity index (χ4n) is 2.42. The molecule has 0 amide bonds. The van der Waals surface area contributed by atoms with E-state index in [0.29, 0.717) is 29.0 Å². The molecule has 0 atom stereocenters. The van der Waals surface area contributed by atoms with E-state index in [1.165, 1.54) is 0 Å². The highest BCUT2D eigenvalue weighted by molar-refractivity contribution is 6.29. The van der Waals surface area contributed by atoms with Crippen molar-refractivity contribution in [3.8, 4) is 22.5 Å². The molecule has 0 aliphatic rings. The number of halogens is 1. The highest BCUT2D eigenvalue weighted by atomic mass is 35.5. The topological polar surface area (TPSA) is 74.2 Å². The Morgan fingerprint density at radius 1 is 0.808 bits per heavy atom. The van der Waals surface area contributed by atoms with Gasteiger partial charge in [0.1, 0.15) is 29.8 Å². The molecule has 0 radical (unpaired) electrons. The van der Waals surface area contributed by atoms with Crippen molar-refractivity contribution in [3.05, 3.63) is 77.5 Å². The minimum Gasteiger partial charge on any atom is -0.365 e. The summed E-state index contributed by atoms with van der Waals surface area (Å²) in [5.74, 6) is 1.25. The highest BCUT2D eigenvalue weighted by Crippen LogP contribution is 2.21. The standard InChI is InChI=1S/C19H14ClN3O3/c20-19-7-6-14(10-21-19)18-9-16(26-23-18)12-24-11-15-8-17(22-25-15)13-4-2-1-3-5-13/h1-10H,11-12H2. The van der Waals surface area contributed by atoms with Crippen molar-refractivity contribution >= 4 is 11.6 Å². The van der Waals surface area contributed by atoms with Crippen LogP contribution in [0.1, 0.15) is 11.5 Å². The van der Waals surface area contributed by atoms with Crippen molar-refractivity contribution in [2.45, 2.75) is 13.2 Å². The number of pyridine rings is 1. The Kier molecular flexibility index (Phi) is 4.77. The molecular formula is C19H14ClN3O3. The summed E-state index contributed by atoms with van der Waals surface area (Å²) in [5.41, 5.74) is 3.28. The Bertz CT molecular complexity index is 981. The van der Waals surface area contributed by atoms with Gasteiger partial charge in [-0.3, -0.25) is 0 Å². The smallest absolute Gasteiger partial charge is 0.163 e. The third-order valence-corrected chi connectivity index (χ3v) is 3.92. The quantitative estimate of drug-likeness (QED) is 0.457. The number of nitrogens with zero attached hydrogens (tertiary/aromatic N) is 3. The van der Waals surface area contributed by atoms with Crippen LogP contribution in [-0.4, -0.2) is 15.3 Å². The van der Waals surface area contributed by atoms with Crippen LogP contribution in [0.2, 0.25) is 5.15 Å². The maximum Gasteiger partial charge on any atom is 0.163 e. The van der Waals surface area contributed by atoms with E-state index in [1.807, 2.05) is 42.5 Å². The van der Waals surface area contributed by atoms with Gasteiger partial charge in [0.25, 0.3) is 0 Å². The number of rotatable bonds is 6. The van der Waals surface area contributed by atoms with Gasteiger partial charge in [-0.05, 0) is 12.1 Å². The van der Waals surface area contributed by atoms with Crippen LogP contribution in [-0.2, 0) is 18.0 Å². The Labute approximate surface area is 154 Å². The van der Waals surface area contributed by atoms with Gasteiger partial charge in [0.05, 0.1) is 0 Å². The van der Waals surface area contributed by atoms with Gasteiger partial charge in [0.15, 0.2) is 11.5 Å². The number of hydrogen-bond acceptors (Lipinski definition) is 6. The molecule has 0 saturated carbocycles. The molecule has 3 heterocycles. The van der Waals surface area contributed by atoms with Crippen LogP contribution in [0.3, 0.4) is 0 Å². The van der Waals surface area contributed by atoms with E-state index in [0.717, 1.165) is 16.8 Å². The molecule has 0 bridgehead atoms. The van der Waals surface area contributed by atoms with Crippen molar-refractivity contribution < 1.29 is 13.8 Å². The highest BCUT2D eigenvalue weighted by Gasteiger charge is 2.09. The Balaban J connectivity index is 1.34. The van der Waals surface area contributed by atoms with Gasteiger partial charge in [-0.15, -0.1) is 0 Å². The van der Waals surface area contributed by atoms with Gasteiger partial charge in [0.2, 0.25) is 0 Å². The van der Waals surface area contributed by atoms with E-state index < -0.39 is 0 Å². The zero-order valence-electron chi connectivity index (χ0n) is 13.6. The van der Waals surface area contributed by atoms with Crippen molar-refractivity contribution in [2.75, 3.05) is 0 Å². The van der Waals surface area contributed by atoms with Crippen LogP contribution in [0.4, 0.5) is 0 Å². The Hall–Kier alpha value is -2.96. The first kappa shape index (κ1) is 16.5. The molecule has 4 aromatic rings. The van der Waals surface area contributed by atoms with Crippen LogP contribution < -0.4 is 0 Å². The summed E-state index contributed by atoms with van der Waals surface area (Å²) in [6.07, 6.45) is 1.64. The molecule has 0 spiro atoms. The lowest BCUT2D eigenvalue weighted by molar-refractivity contribution is 0.0727. The van der Waals surface area contributed by atoms with E-state index in [-0.39, 0.29) is 6.61 Å². The van der Waals surface area contributed by atoms with Crippen molar-refractivity contribution in [1.29, 1.82) is 0 Å². The van der Waals surface area contributed by atoms with Gasteiger partial charge in [-0.25, -0.2) is 4.98 Å². The minimum absolute atomic E-state index is 0.273. The van der Waals surface area contributed by atoms with Gasteiger partial charge >= 0.3 is 0 Å². The Morgan fingerprint density at radius 2 is 1.46 bits per heavy atom. The van der Waals surface area contributed by atoms with E-state index in [2.05, 4.69) is 15.3 Å². The van der Waals surface area contributed by atoms with Crippen LogP contribution in [0.5, 0.6) is 0 Å². The summed E-state index contributed by atoms with van der Waals surface area (Å²) in [7, 11) is 0. The molecule has 1 aromatic carbocycles. The zero-order valence-corrected chi connectivity index (χ0v) is 14.4. The first-order valence-electron chi connectivity index (χ1n) is 7.94. The number of aromatic nitrogens is 3. The lowest BCUT2D eigenvalue weighted by atomic mass is 10.1. The van der Waals surface area contributed by atoms with Gasteiger partial charge in [-0.1, -0.05) is 52.2 Å². The maximum atomic E-state index is 5.78. The third kappa shape index (κ3) is 3.82. The van der Waals surface area contributed by atoms with Crippen LogP contribution in [0.25, 0.3) is 22.5 Å². The predicted molar refractivity (Wildman–Crippen MR) is 95.2 cm³/mol. The molecule has 0 fully saturated rings. The van der Waals surface area contributed by atoms with Gasteiger partial charge in [-0.2, -0.15) is 0 Å². The second-order valence-electron chi connectivity index (χ2n) is 5.59. The van der Waals surface area contributed by atoms with Crippen molar-refractivity contribution in [3.63, 3.8) is 0 Å². The summed E-state index contributed by atoms with van der Waals surface area (Å²) in [6, 6.07) is 17.0. The summed E-state index contributed by atoms with van der Waals surface area (Å²) < 4.78 is 16.2. The second-order valence-corrected chi connectivity index (χ2v) is 5.97. The molecule has 7 heteroatoms. The van der Waals surface area contributed by atoms with Crippen molar-refractivity contribution in [2.24, 2.45) is 0 Å². The van der Waals surface area contributed by atoms with E-state index in [4.69, 9.17) is 25.4 Å². The maximum absolute atomic E-state index is 5.78. The molecule has 0 saturated heterocycles. The molecule has 3 aromatic heterocycles. The molecule has 4 rings (SSSR count). The fraction of sp³-hybridized carbons (Fsp3) is 0.105. The molecular weight excluding hydrogens is 354 g/mol. The first-order valence-corrected chi connectivity index (χ1v) is 8.32. The molecule has 130 valence electrons. The number of ether oxygens (including phenoxy) is 1. The average Bonchev–Trinajstić information content (AvgIpc) is 3.33. The van der Waals surface area contributed by atoms with E-state index >= 15 is 0 Å². The Morgan fingerprint density at radius 3 is 2.08 bits per heavy atom.